The van der Waals surface area contributed by atoms with E-state index in [4.69, 9.17) is 4.74 Å². The van der Waals surface area contributed by atoms with E-state index in [2.05, 4.69) is 20.9 Å². The number of nitro groups is 1. The minimum absolute atomic E-state index is 0.0104. The van der Waals surface area contributed by atoms with Gasteiger partial charge in [-0.3, -0.25) is 14.9 Å². The van der Waals surface area contributed by atoms with Gasteiger partial charge in [-0.25, -0.2) is 4.98 Å². The van der Waals surface area contributed by atoms with Crippen molar-refractivity contribution >= 4 is 27.5 Å². The molecule has 1 aliphatic heterocycles. The third kappa shape index (κ3) is 4.54. The molecule has 8 heteroatoms. The molecule has 0 radical (unpaired) electrons. The Hall–Kier alpha value is -2.48. The predicted molar refractivity (Wildman–Crippen MR) is 94.4 cm³/mol. The summed E-state index contributed by atoms with van der Waals surface area (Å²) in [6, 6.07) is 9.70. The standard InChI is InChI=1S/C17H16BrN3O4/c18-13-3-6-16(19-10-13)25-15-7-8-20(11-15)17(22)9-12-1-4-14(5-2-12)21(23)24/h1-6,10,15H,7-9,11H2. The molecule has 1 unspecified atom stereocenters. The zero-order valence-corrected chi connectivity index (χ0v) is 14.9. The summed E-state index contributed by atoms with van der Waals surface area (Å²) in [5.74, 6) is 0.529. The summed E-state index contributed by atoms with van der Waals surface area (Å²) < 4.78 is 6.68. The molecule has 0 bridgehead atoms. The molecule has 2 aromatic rings. The average Bonchev–Trinajstić information content (AvgIpc) is 3.06. The van der Waals surface area contributed by atoms with Crippen molar-refractivity contribution in [1.82, 2.24) is 9.88 Å². The van der Waals surface area contributed by atoms with E-state index in [-0.39, 0.29) is 24.1 Å². The van der Waals surface area contributed by atoms with Crippen LogP contribution in [-0.2, 0) is 11.2 Å². The van der Waals surface area contributed by atoms with E-state index in [0.29, 0.717) is 19.0 Å². The Kier molecular flexibility index (Phi) is 5.28. The van der Waals surface area contributed by atoms with Crippen molar-refractivity contribution in [2.24, 2.45) is 0 Å². The van der Waals surface area contributed by atoms with Gasteiger partial charge >= 0.3 is 0 Å². The van der Waals surface area contributed by atoms with Crippen LogP contribution >= 0.6 is 15.9 Å². The normalized spacial score (nSPS) is 16.7. The molecule has 130 valence electrons. The lowest BCUT2D eigenvalue weighted by molar-refractivity contribution is -0.384. The molecular weight excluding hydrogens is 390 g/mol. The molecule has 1 aromatic carbocycles. The summed E-state index contributed by atoms with van der Waals surface area (Å²) in [6.07, 6.45) is 2.57. The van der Waals surface area contributed by atoms with Crippen molar-refractivity contribution in [1.29, 1.82) is 0 Å². The fourth-order valence-electron chi connectivity index (χ4n) is 2.68. The molecule has 1 aromatic heterocycles. The number of benzene rings is 1. The number of carbonyl (C=O) groups excluding carboxylic acids is 1. The Bertz CT molecular complexity index is 764. The first-order chi connectivity index (χ1) is 12.0. The van der Waals surface area contributed by atoms with Crippen LogP contribution in [0, 0.1) is 10.1 Å². The Morgan fingerprint density at radius 1 is 1.32 bits per heavy atom. The Morgan fingerprint density at radius 3 is 2.72 bits per heavy atom. The van der Waals surface area contributed by atoms with Crippen LogP contribution in [0.1, 0.15) is 12.0 Å². The van der Waals surface area contributed by atoms with Gasteiger partial charge < -0.3 is 9.64 Å². The minimum Gasteiger partial charge on any atom is -0.472 e. The van der Waals surface area contributed by atoms with Crippen molar-refractivity contribution in [3.8, 4) is 5.88 Å². The lowest BCUT2D eigenvalue weighted by Gasteiger charge is -2.17. The molecule has 25 heavy (non-hydrogen) atoms. The summed E-state index contributed by atoms with van der Waals surface area (Å²) in [4.78, 5) is 28.5. The van der Waals surface area contributed by atoms with E-state index in [1.807, 2.05) is 6.07 Å². The number of nitro benzene ring substituents is 1. The summed E-state index contributed by atoms with van der Waals surface area (Å²) >= 11 is 3.32. The second kappa shape index (κ2) is 7.60. The Labute approximate surface area is 152 Å². The third-order valence-electron chi connectivity index (χ3n) is 3.99. The monoisotopic (exact) mass is 405 g/mol. The Morgan fingerprint density at radius 2 is 2.08 bits per heavy atom. The van der Waals surface area contributed by atoms with Crippen molar-refractivity contribution in [2.45, 2.75) is 18.9 Å². The highest BCUT2D eigenvalue weighted by atomic mass is 79.9. The van der Waals surface area contributed by atoms with Gasteiger partial charge in [-0.15, -0.1) is 0 Å². The molecule has 1 saturated heterocycles. The molecule has 0 saturated carbocycles. The number of carbonyl (C=O) groups is 1. The topological polar surface area (TPSA) is 85.6 Å². The molecule has 1 aliphatic rings. The summed E-state index contributed by atoms with van der Waals surface area (Å²) in [7, 11) is 0. The van der Waals surface area contributed by atoms with Crippen LogP contribution in [0.4, 0.5) is 5.69 Å². The fraction of sp³-hybridized carbons (Fsp3) is 0.294. The van der Waals surface area contributed by atoms with Crippen LogP contribution in [0.15, 0.2) is 47.1 Å². The highest BCUT2D eigenvalue weighted by Crippen LogP contribution is 2.19. The molecule has 0 aliphatic carbocycles. The molecule has 1 atom stereocenters. The molecule has 1 fully saturated rings. The van der Waals surface area contributed by atoms with Crippen LogP contribution < -0.4 is 4.74 Å². The van der Waals surface area contributed by atoms with Crippen LogP contribution in [0.3, 0.4) is 0 Å². The first kappa shape index (κ1) is 17.3. The largest absolute Gasteiger partial charge is 0.472 e. The van der Waals surface area contributed by atoms with Crippen LogP contribution in [0.5, 0.6) is 5.88 Å². The van der Waals surface area contributed by atoms with E-state index in [9.17, 15) is 14.9 Å². The SMILES string of the molecule is O=C(Cc1ccc([N+](=O)[O-])cc1)N1CCC(Oc2ccc(Br)cn2)C1. The second-order valence-electron chi connectivity index (χ2n) is 5.78. The average molecular weight is 406 g/mol. The number of ether oxygens (including phenoxy) is 1. The van der Waals surface area contributed by atoms with E-state index in [0.717, 1.165) is 16.5 Å². The minimum atomic E-state index is -0.454. The van der Waals surface area contributed by atoms with Gasteiger partial charge in [0.25, 0.3) is 5.69 Å². The summed E-state index contributed by atoms with van der Waals surface area (Å²) in [5, 5.41) is 10.7. The fourth-order valence-corrected chi connectivity index (χ4v) is 2.91. The quantitative estimate of drug-likeness (QED) is 0.563. The van der Waals surface area contributed by atoms with Crippen molar-refractivity contribution < 1.29 is 14.5 Å². The van der Waals surface area contributed by atoms with E-state index < -0.39 is 4.92 Å². The summed E-state index contributed by atoms with van der Waals surface area (Å²) in [5.41, 5.74) is 0.780. The van der Waals surface area contributed by atoms with Crippen LogP contribution in [-0.4, -0.2) is 39.9 Å². The molecule has 3 rings (SSSR count). The van der Waals surface area contributed by atoms with E-state index in [1.54, 1.807) is 29.3 Å². The van der Waals surface area contributed by atoms with Gasteiger partial charge in [0.05, 0.1) is 17.9 Å². The van der Waals surface area contributed by atoms with Gasteiger partial charge in [-0.1, -0.05) is 12.1 Å². The number of aromatic nitrogens is 1. The number of halogens is 1. The van der Waals surface area contributed by atoms with Gasteiger partial charge in [0.2, 0.25) is 11.8 Å². The first-order valence-electron chi connectivity index (χ1n) is 7.80. The second-order valence-corrected chi connectivity index (χ2v) is 6.70. The number of likely N-dealkylation sites (tertiary alicyclic amines) is 1. The smallest absolute Gasteiger partial charge is 0.269 e. The number of non-ortho nitro benzene ring substituents is 1. The highest BCUT2D eigenvalue weighted by molar-refractivity contribution is 9.10. The molecule has 0 N–H and O–H groups in total. The molecule has 7 nitrogen and oxygen atoms in total. The van der Waals surface area contributed by atoms with Gasteiger partial charge in [-0.05, 0) is 27.6 Å². The van der Waals surface area contributed by atoms with Crippen LogP contribution in [0.2, 0.25) is 0 Å². The van der Waals surface area contributed by atoms with Crippen molar-refractivity contribution in [2.75, 3.05) is 13.1 Å². The Balaban J connectivity index is 1.53. The first-order valence-corrected chi connectivity index (χ1v) is 8.60. The van der Waals surface area contributed by atoms with Gasteiger partial charge in [0.1, 0.15) is 6.10 Å². The number of nitrogens with zero attached hydrogens (tertiary/aromatic N) is 3. The molecule has 1 amide bonds. The number of amides is 1. The van der Waals surface area contributed by atoms with Crippen molar-refractivity contribution in [3.63, 3.8) is 0 Å². The lowest BCUT2D eigenvalue weighted by Crippen LogP contribution is -2.32. The third-order valence-corrected chi connectivity index (χ3v) is 4.46. The molecule has 0 spiro atoms. The van der Waals surface area contributed by atoms with Gasteiger partial charge in [-0.2, -0.15) is 0 Å². The van der Waals surface area contributed by atoms with Crippen molar-refractivity contribution in [3.05, 3.63) is 62.7 Å². The maximum atomic E-state index is 12.4. The molecular formula is C17H16BrN3O4. The van der Waals surface area contributed by atoms with Gasteiger partial charge in [0, 0.05) is 41.8 Å². The predicted octanol–water partition coefficient (Wildman–Crippen LogP) is 2.97. The maximum Gasteiger partial charge on any atom is 0.269 e. The number of rotatable bonds is 5. The number of hydrogen-bond donors (Lipinski definition) is 0. The zero-order valence-electron chi connectivity index (χ0n) is 13.3. The highest BCUT2D eigenvalue weighted by Gasteiger charge is 2.27. The lowest BCUT2D eigenvalue weighted by atomic mass is 10.1. The maximum absolute atomic E-state index is 12.4. The van der Waals surface area contributed by atoms with Crippen LogP contribution in [0.25, 0.3) is 0 Å². The van der Waals surface area contributed by atoms with E-state index >= 15 is 0 Å². The van der Waals surface area contributed by atoms with Gasteiger partial charge in [0.15, 0.2) is 0 Å². The number of hydrogen-bond acceptors (Lipinski definition) is 5. The zero-order chi connectivity index (χ0) is 17.8. The molecule has 2 heterocycles. The number of pyridine rings is 1. The van der Waals surface area contributed by atoms with E-state index in [1.165, 1.54) is 12.1 Å². The summed E-state index contributed by atoms with van der Waals surface area (Å²) in [6.45, 7) is 1.15.